The summed E-state index contributed by atoms with van der Waals surface area (Å²) < 4.78 is 5.17. The zero-order valence-corrected chi connectivity index (χ0v) is 15.2. The second-order valence-corrected chi connectivity index (χ2v) is 6.32. The standard InChI is InChI=1S/C18H21ClN2O4/c1-4-18(5-2,17(23)24)10-20-16(22)14-11(3)25-21-15(14)12-8-6-7-9-13(12)19/h6-9H,4-5,10H2,1-3H3,(H,20,22)(H,23,24). The Morgan fingerprint density at radius 1 is 1.28 bits per heavy atom. The number of amides is 1. The van der Waals surface area contributed by atoms with Crippen LogP contribution in [0.2, 0.25) is 5.02 Å². The number of carbonyl (C=O) groups excluding carboxylic acids is 1. The van der Waals surface area contributed by atoms with E-state index in [1.807, 2.05) is 0 Å². The van der Waals surface area contributed by atoms with Crippen LogP contribution in [0.1, 0.15) is 42.8 Å². The summed E-state index contributed by atoms with van der Waals surface area (Å²) in [6.07, 6.45) is 0.832. The van der Waals surface area contributed by atoms with E-state index in [2.05, 4.69) is 10.5 Å². The van der Waals surface area contributed by atoms with Crippen molar-refractivity contribution in [2.45, 2.75) is 33.6 Å². The molecule has 2 N–H and O–H groups in total. The predicted molar refractivity (Wildman–Crippen MR) is 94.7 cm³/mol. The van der Waals surface area contributed by atoms with Crippen LogP contribution < -0.4 is 5.32 Å². The maximum atomic E-state index is 12.7. The Morgan fingerprint density at radius 2 is 1.92 bits per heavy atom. The first-order valence-electron chi connectivity index (χ1n) is 8.09. The smallest absolute Gasteiger partial charge is 0.311 e. The van der Waals surface area contributed by atoms with E-state index in [0.29, 0.717) is 34.9 Å². The molecule has 134 valence electrons. The Kier molecular flexibility index (Phi) is 5.85. The van der Waals surface area contributed by atoms with Crippen molar-refractivity contribution >= 4 is 23.5 Å². The number of hydrogen-bond acceptors (Lipinski definition) is 4. The van der Waals surface area contributed by atoms with Gasteiger partial charge in [0.15, 0.2) is 0 Å². The maximum absolute atomic E-state index is 12.7. The monoisotopic (exact) mass is 364 g/mol. The minimum Gasteiger partial charge on any atom is -0.481 e. The molecule has 0 saturated heterocycles. The molecule has 25 heavy (non-hydrogen) atoms. The van der Waals surface area contributed by atoms with Gasteiger partial charge < -0.3 is 14.9 Å². The first-order chi connectivity index (χ1) is 11.9. The van der Waals surface area contributed by atoms with E-state index >= 15 is 0 Å². The molecular weight excluding hydrogens is 344 g/mol. The fraction of sp³-hybridized carbons (Fsp3) is 0.389. The van der Waals surface area contributed by atoms with Crippen LogP contribution >= 0.6 is 11.6 Å². The number of hydrogen-bond donors (Lipinski definition) is 2. The molecule has 0 aliphatic rings. The molecule has 0 spiro atoms. The highest BCUT2D eigenvalue weighted by Gasteiger charge is 2.36. The van der Waals surface area contributed by atoms with Gasteiger partial charge in [0, 0.05) is 12.1 Å². The van der Waals surface area contributed by atoms with Crippen molar-refractivity contribution in [2.24, 2.45) is 5.41 Å². The Hall–Kier alpha value is -2.34. The van der Waals surface area contributed by atoms with Gasteiger partial charge in [0.1, 0.15) is 17.0 Å². The van der Waals surface area contributed by atoms with Crippen LogP contribution in [0.5, 0.6) is 0 Å². The number of aryl methyl sites for hydroxylation is 1. The van der Waals surface area contributed by atoms with Crippen LogP contribution in [0.25, 0.3) is 11.3 Å². The van der Waals surface area contributed by atoms with Crippen LogP contribution in [-0.4, -0.2) is 28.7 Å². The summed E-state index contributed by atoms with van der Waals surface area (Å²) >= 11 is 6.19. The lowest BCUT2D eigenvalue weighted by Crippen LogP contribution is -2.42. The van der Waals surface area contributed by atoms with Crippen molar-refractivity contribution in [3.8, 4) is 11.3 Å². The van der Waals surface area contributed by atoms with Gasteiger partial charge in [0.25, 0.3) is 5.91 Å². The molecule has 0 fully saturated rings. The molecule has 1 amide bonds. The molecule has 1 aromatic carbocycles. The van der Waals surface area contributed by atoms with Crippen LogP contribution in [0, 0.1) is 12.3 Å². The highest BCUT2D eigenvalue weighted by Crippen LogP contribution is 2.31. The Bertz CT molecular complexity index is 781. The highest BCUT2D eigenvalue weighted by molar-refractivity contribution is 6.33. The van der Waals surface area contributed by atoms with Crippen LogP contribution in [0.4, 0.5) is 0 Å². The number of aliphatic carboxylic acids is 1. The Morgan fingerprint density at radius 3 is 2.48 bits per heavy atom. The summed E-state index contributed by atoms with van der Waals surface area (Å²) in [5.41, 5.74) is 0.196. The average molecular weight is 365 g/mol. The van der Waals surface area contributed by atoms with Crippen molar-refractivity contribution < 1.29 is 19.2 Å². The van der Waals surface area contributed by atoms with E-state index in [9.17, 15) is 14.7 Å². The lowest BCUT2D eigenvalue weighted by atomic mass is 9.82. The fourth-order valence-corrected chi connectivity index (χ4v) is 2.92. The van der Waals surface area contributed by atoms with Crippen molar-refractivity contribution in [1.29, 1.82) is 0 Å². The molecule has 0 saturated carbocycles. The average Bonchev–Trinajstić information content (AvgIpc) is 2.97. The van der Waals surface area contributed by atoms with Gasteiger partial charge in [0.05, 0.1) is 10.4 Å². The Labute approximate surface area is 151 Å². The van der Waals surface area contributed by atoms with E-state index < -0.39 is 17.3 Å². The number of carboxylic acid groups (broad SMARTS) is 1. The van der Waals surface area contributed by atoms with Crippen LogP contribution in [-0.2, 0) is 4.79 Å². The summed E-state index contributed by atoms with van der Waals surface area (Å²) in [6.45, 7) is 5.25. The number of nitrogens with one attached hydrogen (secondary N) is 1. The van der Waals surface area contributed by atoms with Crippen molar-refractivity contribution in [1.82, 2.24) is 10.5 Å². The predicted octanol–water partition coefficient (Wildman–Crippen LogP) is 3.92. The molecule has 0 atom stereocenters. The normalized spacial score (nSPS) is 11.4. The lowest BCUT2D eigenvalue weighted by Gasteiger charge is -2.26. The Balaban J connectivity index is 2.31. The third-order valence-electron chi connectivity index (χ3n) is 4.61. The van der Waals surface area contributed by atoms with Gasteiger partial charge in [-0.3, -0.25) is 9.59 Å². The van der Waals surface area contributed by atoms with Gasteiger partial charge in [0.2, 0.25) is 0 Å². The van der Waals surface area contributed by atoms with Gasteiger partial charge >= 0.3 is 5.97 Å². The first-order valence-corrected chi connectivity index (χ1v) is 8.46. The van der Waals surface area contributed by atoms with Crippen LogP contribution in [0.3, 0.4) is 0 Å². The topological polar surface area (TPSA) is 92.4 Å². The summed E-state index contributed by atoms with van der Waals surface area (Å²) in [5.74, 6) is -1.01. The number of halogens is 1. The van der Waals surface area contributed by atoms with Gasteiger partial charge in [-0.25, -0.2) is 0 Å². The maximum Gasteiger partial charge on any atom is 0.311 e. The largest absolute Gasteiger partial charge is 0.481 e. The molecule has 0 radical (unpaired) electrons. The minimum atomic E-state index is -0.995. The molecule has 2 aromatic rings. The molecule has 1 aromatic heterocycles. The van der Waals surface area contributed by atoms with Gasteiger partial charge in [-0.2, -0.15) is 0 Å². The van der Waals surface area contributed by atoms with Crippen LogP contribution in [0.15, 0.2) is 28.8 Å². The van der Waals surface area contributed by atoms with Gasteiger partial charge in [-0.15, -0.1) is 0 Å². The summed E-state index contributed by atoms with van der Waals surface area (Å²) in [4.78, 5) is 24.3. The van der Waals surface area contributed by atoms with E-state index in [0.717, 1.165) is 0 Å². The second kappa shape index (κ2) is 7.70. The molecule has 0 bridgehead atoms. The third kappa shape index (κ3) is 3.69. The molecule has 7 heteroatoms. The third-order valence-corrected chi connectivity index (χ3v) is 4.94. The quantitative estimate of drug-likeness (QED) is 0.776. The van der Waals surface area contributed by atoms with Crippen molar-refractivity contribution in [3.05, 3.63) is 40.6 Å². The highest BCUT2D eigenvalue weighted by atomic mass is 35.5. The van der Waals surface area contributed by atoms with Gasteiger partial charge in [-0.05, 0) is 25.8 Å². The molecule has 0 aliphatic carbocycles. The zero-order valence-electron chi connectivity index (χ0n) is 14.4. The molecular formula is C18H21ClN2O4. The van der Waals surface area contributed by atoms with Gasteiger partial charge in [-0.1, -0.05) is 48.8 Å². The number of carboxylic acids is 1. The summed E-state index contributed by atoms with van der Waals surface area (Å²) in [7, 11) is 0. The van der Waals surface area contributed by atoms with E-state index in [4.69, 9.17) is 16.1 Å². The molecule has 2 rings (SSSR count). The molecule has 0 unspecified atom stereocenters. The SMILES string of the molecule is CCC(CC)(CNC(=O)c1c(-c2ccccc2Cl)noc1C)C(=O)O. The van der Waals surface area contributed by atoms with E-state index in [1.54, 1.807) is 45.0 Å². The summed E-state index contributed by atoms with van der Waals surface area (Å²) in [5, 5.41) is 16.6. The molecule has 6 nitrogen and oxygen atoms in total. The fourth-order valence-electron chi connectivity index (χ4n) is 2.69. The second-order valence-electron chi connectivity index (χ2n) is 5.92. The number of aromatic nitrogens is 1. The van der Waals surface area contributed by atoms with Crippen molar-refractivity contribution in [2.75, 3.05) is 6.54 Å². The lowest BCUT2D eigenvalue weighted by molar-refractivity contribution is -0.149. The molecule has 1 heterocycles. The van der Waals surface area contributed by atoms with E-state index in [-0.39, 0.29) is 12.1 Å². The minimum absolute atomic E-state index is 0.0285. The zero-order chi connectivity index (χ0) is 18.6. The number of rotatable bonds is 7. The number of carbonyl (C=O) groups is 2. The molecule has 0 aliphatic heterocycles. The number of nitrogens with zero attached hydrogens (tertiary/aromatic N) is 1. The first kappa shape index (κ1) is 19.0. The number of benzene rings is 1. The summed E-state index contributed by atoms with van der Waals surface area (Å²) in [6, 6.07) is 7.01. The van der Waals surface area contributed by atoms with E-state index in [1.165, 1.54) is 0 Å². The van der Waals surface area contributed by atoms with Crippen molar-refractivity contribution in [3.63, 3.8) is 0 Å².